The highest BCUT2D eigenvalue weighted by Crippen LogP contribution is 2.15. The first kappa shape index (κ1) is 18.6. The normalized spacial score (nSPS) is 10.9. The molecule has 25 heavy (non-hydrogen) atoms. The van der Waals surface area contributed by atoms with Crippen molar-refractivity contribution in [1.29, 1.82) is 0 Å². The van der Waals surface area contributed by atoms with Crippen LogP contribution in [0.2, 0.25) is 0 Å². The van der Waals surface area contributed by atoms with Crippen LogP contribution in [0.4, 0.5) is 4.39 Å². The Bertz CT molecular complexity index is 753. The van der Waals surface area contributed by atoms with E-state index in [9.17, 15) is 14.0 Å². The summed E-state index contributed by atoms with van der Waals surface area (Å²) in [6.07, 6.45) is 1.47. The molecule has 2 rings (SSSR count). The van der Waals surface area contributed by atoms with Crippen molar-refractivity contribution < 1.29 is 19.1 Å². The molecule has 0 aliphatic carbocycles. The van der Waals surface area contributed by atoms with Crippen molar-refractivity contribution in [2.45, 2.75) is 33.9 Å². The quantitative estimate of drug-likeness (QED) is 0.836. The van der Waals surface area contributed by atoms with Crippen molar-refractivity contribution in [3.63, 3.8) is 0 Å². The fraction of sp³-hybridized carbons (Fsp3) is 0.389. The third-order valence-corrected chi connectivity index (χ3v) is 3.77. The molecule has 0 aliphatic rings. The van der Waals surface area contributed by atoms with Crippen LogP contribution in [-0.4, -0.2) is 38.2 Å². The van der Waals surface area contributed by atoms with Gasteiger partial charge in [-0.3, -0.25) is 14.3 Å². The van der Waals surface area contributed by atoms with Gasteiger partial charge in [-0.15, -0.1) is 0 Å². The molecule has 0 spiro atoms. The summed E-state index contributed by atoms with van der Waals surface area (Å²) < 4.78 is 14.8. The number of hydrogen-bond acceptors (Lipinski definition) is 3. The van der Waals surface area contributed by atoms with Crippen molar-refractivity contribution >= 4 is 11.9 Å². The zero-order valence-electron chi connectivity index (χ0n) is 14.6. The van der Waals surface area contributed by atoms with Crippen LogP contribution >= 0.6 is 0 Å². The number of aliphatic carboxylic acids is 1. The van der Waals surface area contributed by atoms with Gasteiger partial charge in [0.15, 0.2) is 0 Å². The summed E-state index contributed by atoms with van der Waals surface area (Å²) in [5.74, 6) is -1.52. The van der Waals surface area contributed by atoms with Gasteiger partial charge in [0.05, 0.1) is 11.8 Å². The van der Waals surface area contributed by atoms with Crippen LogP contribution in [0.25, 0.3) is 0 Å². The van der Waals surface area contributed by atoms with Crippen molar-refractivity contribution in [3.8, 4) is 0 Å². The Kier molecular flexibility index (Phi) is 5.90. The Hall–Kier alpha value is -2.70. The summed E-state index contributed by atoms with van der Waals surface area (Å²) in [5.41, 5.74) is 1.74. The second kappa shape index (κ2) is 7.92. The van der Waals surface area contributed by atoms with E-state index in [0.29, 0.717) is 29.3 Å². The zero-order chi connectivity index (χ0) is 18.6. The molecule has 0 radical (unpaired) electrons. The summed E-state index contributed by atoms with van der Waals surface area (Å²) in [7, 11) is 0. The number of rotatable bonds is 7. The summed E-state index contributed by atoms with van der Waals surface area (Å²) >= 11 is 0. The molecular formula is C18H22FN3O3. The van der Waals surface area contributed by atoms with Gasteiger partial charge in [-0.2, -0.15) is 5.10 Å². The average Bonchev–Trinajstić information content (AvgIpc) is 2.88. The minimum Gasteiger partial charge on any atom is -0.480 e. The first-order valence-corrected chi connectivity index (χ1v) is 8.06. The summed E-state index contributed by atoms with van der Waals surface area (Å²) in [4.78, 5) is 25.2. The van der Waals surface area contributed by atoms with Crippen molar-refractivity contribution in [1.82, 2.24) is 14.7 Å². The second-order valence-corrected chi connectivity index (χ2v) is 6.40. The van der Waals surface area contributed by atoms with Gasteiger partial charge in [0, 0.05) is 18.8 Å². The topological polar surface area (TPSA) is 75.4 Å². The Labute approximate surface area is 145 Å². The van der Waals surface area contributed by atoms with Crippen molar-refractivity contribution in [3.05, 3.63) is 53.1 Å². The number of nitrogens with zero attached hydrogens (tertiary/aromatic N) is 3. The number of carboxylic acid groups (broad SMARTS) is 1. The van der Waals surface area contributed by atoms with E-state index in [4.69, 9.17) is 5.11 Å². The number of carbonyl (C=O) groups is 2. The maximum atomic E-state index is 13.0. The fourth-order valence-electron chi connectivity index (χ4n) is 2.53. The molecule has 1 aromatic carbocycles. The summed E-state index contributed by atoms with van der Waals surface area (Å²) in [5, 5.41) is 13.3. The van der Waals surface area contributed by atoms with Gasteiger partial charge in [0.1, 0.15) is 12.4 Å². The highest BCUT2D eigenvalue weighted by molar-refractivity contribution is 5.96. The highest BCUT2D eigenvalue weighted by Gasteiger charge is 2.23. The molecule has 2 aromatic rings. The van der Waals surface area contributed by atoms with E-state index in [-0.39, 0.29) is 12.4 Å². The monoisotopic (exact) mass is 347 g/mol. The number of hydrogen-bond donors (Lipinski definition) is 1. The van der Waals surface area contributed by atoms with E-state index in [1.54, 1.807) is 11.6 Å². The smallest absolute Gasteiger partial charge is 0.323 e. The molecule has 7 heteroatoms. The van der Waals surface area contributed by atoms with Crippen LogP contribution in [0.1, 0.15) is 35.5 Å². The molecule has 134 valence electrons. The first-order chi connectivity index (χ1) is 11.8. The Morgan fingerprint density at radius 2 is 1.92 bits per heavy atom. The Balaban J connectivity index is 2.25. The van der Waals surface area contributed by atoms with Crippen LogP contribution in [-0.2, 0) is 17.9 Å². The molecule has 0 fully saturated rings. The van der Waals surface area contributed by atoms with Crippen molar-refractivity contribution in [2.24, 2.45) is 5.92 Å². The summed E-state index contributed by atoms with van der Waals surface area (Å²) in [6.45, 7) is 6.21. The number of halogens is 1. The third-order valence-electron chi connectivity index (χ3n) is 3.77. The lowest BCUT2D eigenvalue weighted by atomic mass is 10.1. The number of aromatic nitrogens is 2. The van der Waals surface area contributed by atoms with Crippen LogP contribution in [0, 0.1) is 18.7 Å². The molecule has 1 amide bonds. The van der Waals surface area contributed by atoms with Gasteiger partial charge < -0.3 is 10.0 Å². The van der Waals surface area contributed by atoms with Gasteiger partial charge in [-0.1, -0.05) is 26.0 Å². The minimum atomic E-state index is -1.11. The van der Waals surface area contributed by atoms with Crippen LogP contribution in [0.5, 0.6) is 0 Å². The maximum Gasteiger partial charge on any atom is 0.323 e. The predicted molar refractivity (Wildman–Crippen MR) is 90.6 cm³/mol. The summed E-state index contributed by atoms with van der Waals surface area (Å²) in [6, 6.07) is 5.63. The van der Waals surface area contributed by atoms with Gasteiger partial charge in [0.25, 0.3) is 5.91 Å². The molecule has 6 nitrogen and oxygen atoms in total. The number of carbonyl (C=O) groups excluding carboxylic acids is 1. The molecule has 1 aromatic heterocycles. The molecule has 0 atom stereocenters. The lowest BCUT2D eigenvalue weighted by Gasteiger charge is -2.21. The first-order valence-electron chi connectivity index (χ1n) is 8.06. The highest BCUT2D eigenvalue weighted by atomic mass is 19.1. The largest absolute Gasteiger partial charge is 0.480 e. The van der Waals surface area contributed by atoms with Crippen LogP contribution in [0.3, 0.4) is 0 Å². The lowest BCUT2D eigenvalue weighted by Crippen LogP contribution is -2.35. The molecule has 0 bridgehead atoms. The SMILES string of the molecule is Cc1c(C(=O)N(CC(=O)O)Cc2ccc(F)cc2)cnn1CC(C)C. The molecule has 0 saturated carbocycles. The van der Waals surface area contributed by atoms with Gasteiger partial charge >= 0.3 is 5.97 Å². The molecule has 1 heterocycles. The number of carboxylic acids is 1. The van der Waals surface area contributed by atoms with Crippen LogP contribution in [0.15, 0.2) is 30.5 Å². The average molecular weight is 347 g/mol. The van der Waals surface area contributed by atoms with E-state index >= 15 is 0 Å². The van der Waals surface area contributed by atoms with E-state index < -0.39 is 18.4 Å². The van der Waals surface area contributed by atoms with Gasteiger partial charge in [-0.05, 0) is 30.5 Å². The fourth-order valence-corrected chi connectivity index (χ4v) is 2.53. The Morgan fingerprint density at radius 1 is 1.28 bits per heavy atom. The zero-order valence-corrected chi connectivity index (χ0v) is 14.6. The van der Waals surface area contributed by atoms with Gasteiger partial charge in [0.2, 0.25) is 0 Å². The van der Waals surface area contributed by atoms with E-state index in [2.05, 4.69) is 5.10 Å². The molecule has 0 unspecified atom stereocenters. The lowest BCUT2D eigenvalue weighted by molar-refractivity contribution is -0.137. The Morgan fingerprint density at radius 3 is 2.48 bits per heavy atom. The molecule has 1 N–H and O–H groups in total. The van der Waals surface area contributed by atoms with E-state index in [0.717, 1.165) is 0 Å². The number of amides is 1. The van der Waals surface area contributed by atoms with Crippen LogP contribution < -0.4 is 0 Å². The minimum absolute atomic E-state index is 0.0835. The molecule has 0 saturated heterocycles. The van der Waals surface area contributed by atoms with E-state index in [1.165, 1.54) is 35.4 Å². The molecule has 0 aliphatic heterocycles. The standard InChI is InChI=1S/C18H22FN3O3/c1-12(2)9-22-13(3)16(8-20-22)18(25)21(11-17(23)24)10-14-4-6-15(19)7-5-14/h4-8,12H,9-11H2,1-3H3,(H,23,24). The second-order valence-electron chi connectivity index (χ2n) is 6.40. The predicted octanol–water partition coefficient (Wildman–Crippen LogP) is 2.71. The third kappa shape index (κ3) is 4.89. The maximum absolute atomic E-state index is 13.0. The number of benzene rings is 1. The van der Waals surface area contributed by atoms with Crippen molar-refractivity contribution in [2.75, 3.05) is 6.54 Å². The molecular weight excluding hydrogens is 325 g/mol. The van der Waals surface area contributed by atoms with E-state index in [1.807, 2.05) is 13.8 Å². The van der Waals surface area contributed by atoms with Gasteiger partial charge in [-0.25, -0.2) is 4.39 Å².